The molecule has 0 amide bonds. The van der Waals surface area contributed by atoms with Crippen molar-refractivity contribution in [1.82, 2.24) is 9.55 Å². The van der Waals surface area contributed by atoms with Crippen molar-refractivity contribution in [3.8, 4) is 106 Å². The third kappa shape index (κ3) is 10.3. The van der Waals surface area contributed by atoms with Crippen LogP contribution >= 0.6 is 0 Å². The summed E-state index contributed by atoms with van der Waals surface area (Å²) < 4.78 is 2.39. The van der Waals surface area contributed by atoms with Crippen LogP contribution in [0.1, 0.15) is 24.0 Å². The summed E-state index contributed by atoms with van der Waals surface area (Å²) in [7, 11) is 0. The van der Waals surface area contributed by atoms with E-state index >= 15 is 0 Å². The topological polar surface area (TPSA) is 17.8 Å². The molecule has 12 aromatic carbocycles. The SMILES string of the molecule is C1=C(c2ccccc2)C=C(c2cccc(-c3ccc(-c4cc(-c5cccc(-c6cccc(-c7cccc(-c8cccc(-c9ccccc9)c8)c7)c6)c5)nc(-c5cccc(-c6cccc(-n7c8ccccc8c8ccccc87)c6)c5)c4)cc3)c2)CC1. The van der Waals surface area contributed by atoms with Crippen LogP contribution in [0.2, 0.25) is 0 Å². The molecule has 15 rings (SSSR count). The molecule has 14 aromatic rings. The number of aromatic nitrogens is 2. The summed E-state index contributed by atoms with van der Waals surface area (Å²) >= 11 is 0. The molecule has 2 aromatic heterocycles. The highest BCUT2D eigenvalue weighted by molar-refractivity contribution is 6.09. The summed E-state index contributed by atoms with van der Waals surface area (Å²) in [6.45, 7) is 0. The Morgan fingerprint density at radius 2 is 0.588 bits per heavy atom. The van der Waals surface area contributed by atoms with E-state index in [4.69, 9.17) is 4.98 Å². The maximum absolute atomic E-state index is 5.56. The fourth-order valence-electron chi connectivity index (χ4n) is 12.5. The number of pyridine rings is 1. The number of benzene rings is 12. The molecule has 1 aliphatic rings. The molecule has 0 saturated carbocycles. The Hall–Kier alpha value is -10.9. The third-order valence-electron chi connectivity index (χ3n) is 16.9. The van der Waals surface area contributed by atoms with Gasteiger partial charge in [-0.25, -0.2) is 4.98 Å². The highest BCUT2D eigenvalue weighted by Gasteiger charge is 2.17. The van der Waals surface area contributed by atoms with Crippen molar-refractivity contribution >= 4 is 33.0 Å². The Morgan fingerprint density at radius 3 is 1.08 bits per heavy atom. The van der Waals surface area contributed by atoms with Crippen LogP contribution in [0.4, 0.5) is 0 Å². The number of hydrogen-bond acceptors (Lipinski definition) is 1. The molecule has 85 heavy (non-hydrogen) atoms. The summed E-state index contributed by atoms with van der Waals surface area (Å²) in [4.78, 5) is 5.56. The lowest BCUT2D eigenvalue weighted by molar-refractivity contribution is 1.06. The highest BCUT2D eigenvalue weighted by Crippen LogP contribution is 2.39. The highest BCUT2D eigenvalue weighted by atomic mass is 15.0. The monoisotopic (exact) mass is 1080 g/mol. The van der Waals surface area contributed by atoms with Gasteiger partial charge < -0.3 is 4.57 Å². The van der Waals surface area contributed by atoms with E-state index in [2.05, 4.69) is 332 Å². The molecule has 0 saturated heterocycles. The fraction of sp³-hybridized carbons (Fsp3) is 0.0241. The summed E-state index contributed by atoms with van der Waals surface area (Å²) in [5, 5.41) is 2.50. The summed E-state index contributed by atoms with van der Waals surface area (Å²) in [5.74, 6) is 0. The van der Waals surface area contributed by atoms with Gasteiger partial charge in [0.05, 0.1) is 22.4 Å². The van der Waals surface area contributed by atoms with E-state index in [-0.39, 0.29) is 0 Å². The molecule has 400 valence electrons. The second kappa shape index (κ2) is 22.4. The molecule has 0 spiro atoms. The first-order valence-corrected chi connectivity index (χ1v) is 29.4. The minimum Gasteiger partial charge on any atom is -0.309 e. The Balaban J connectivity index is 0.784. The average molecular weight is 1080 g/mol. The number of allylic oxidation sites excluding steroid dienone is 4. The van der Waals surface area contributed by atoms with Gasteiger partial charge >= 0.3 is 0 Å². The molecule has 1 aliphatic carbocycles. The van der Waals surface area contributed by atoms with Crippen molar-refractivity contribution in [3.05, 3.63) is 339 Å². The Labute approximate surface area is 497 Å². The molecule has 0 bridgehead atoms. The van der Waals surface area contributed by atoms with Gasteiger partial charge in [0.15, 0.2) is 0 Å². The van der Waals surface area contributed by atoms with Gasteiger partial charge in [-0.15, -0.1) is 0 Å². The quantitative estimate of drug-likeness (QED) is 0.119. The molecule has 0 N–H and O–H groups in total. The first-order chi connectivity index (χ1) is 42.1. The van der Waals surface area contributed by atoms with Gasteiger partial charge in [0.25, 0.3) is 0 Å². The molecule has 0 unspecified atom stereocenters. The predicted molar refractivity (Wildman–Crippen MR) is 359 cm³/mol. The second-order valence-electron chi connectivity index (χ2n) is 22.2. The minimum atomic E-state index is 0.913. The molecule has 0 aliphatic heterocycles. The van der Waals surface area contributed by atoms with Crippen molar-refractivity contribution in [2.75, 3.05) is 0 Å². The van der Waals surface area contributed by atoms with Crippen LogP contribution in [-0.4, -0.2) is 9.55 Å². The number of rotatable bonds is 12. The van der Waals surface area contributed by atoms with Crippen LogP contribution in [0.15, 0.2) is 328 Å². The largest absolute Gasteiger partial charge is 0.309 e. The van der Waals surface area contributed by atoms with E-state index in [0.29, 0.717) is 0 Å². The lowest BCUT2D eigenvalue weighted by atomic mass is 9.89. The van der Waals surface area contributed by atoms with Crippen molar-refractivity contribution in [1.29, 1.82) is 0 Å². The number of hydrogen-bond donors (Lipinski definition) is 0. The van der Waals surface area contributed by atoms with Gasteiger partial charge in [-0.05, 0) is 186 Å². The maximum Gasteiger partial charge on any atom is 0.0715 e. The predicted octanol–water partition coefficient (Wildman–Crippen LogP) is 22.4. The normalized spacial score (nSPS) is 12.3. The lowest BCUT2D eigenvalue weighted by Gasteiger charge is -2.16. The molecule has 2 nitrogen and oxygen atoms in total. The van der Waals surface area contributed by atoms with E-state index in [0.717, 1.165) is 74.4 Å². The smallest absolute Gasteiger partial charge is 0.0715 e. The van der Waals surface area contributed by atoms with Crippen molar-refractivity contribution in [3.63, 3.8) is 0 Å². The van der Waals surface area contributed by atoms with Crippen molar-refractivity contribution in [2.24, 2.45) is 0 Å². The zero-order chi connectivity index (χ0) is 56.5. The maximum atomic E-state index is 5.56. The van der Waals surface area contributed by atoms with Gasteiger partial charge in [0.2, 0.25) is 0 Å². The van der Waals surface area contributed by atoms with Gasteiger partial charge in [0, 0.05) is 27.6 Å². The van der Waals surface area contributed by atoms with Crippen LogP contribution in [0, 0.1) is 0 Å². The first kappa shape index (κ1) is 51.0. The van der Waals surface area contributed by atoms with Crippen LogP contribution < -0.4 is 0 Å². The third-order valence-corrected chi connectivity index (χ3v) is 16.9. The van der Waals surface area contributed by atoms with Gasteiger partial charge in [0.1, 0.15) is 0 Å². The molecule has 0 atom stereocenters. The Morgan fingerprint density at radius 1 is 0.247 bits per heavy atom. The van der Waals surface area contributed by atoms with E-state index in [1.54, 1.807) is 0 Å². The molecule has 0 fully saturated rings. The first-order valence-electron chi connectivity index (χ1n) is 29.4. The Bertz CT molecular complexity index is 4810. The number of fused-ring (bicyclic) bond motifs is 3. The minimum absolute atomic E-state index is 0.913. The van der Waals surface area contributed by atoms with E-state index < -0.39 is 0 Å². The molecular weight excluding hydrogens is 1020 g/mol. The Kier molecular flexibility index (Phi) is 13.5. The molecule has 0 radical (unpaired) electrons. The van der Waals surface area contributed by atoms with Gasteiger partial charge in [-0.1, -0.05) is 255 Å². The summed E-state index contributed by atoms with van der Waals surface area (Å²) in [6.07, 6.45) is 6.80. The zero-order valence-electron chi connectivity index (χ0n) is 47.0. The van der Waals surface area contributed by atoms with E-state index in [1.807, 2.05) is 0 Å². The van der Waals surface area contributed by atoms with Crippen LogP contribution in [-0.2, 0) is 0 Å². The van der Waals surface area contributed by atoms with Crippen LogP contribution in [0.3, 0.4) is 0 Å². The van der Waals surface area contributed by atoms with Crippen LogP contribution in [0.25, 0.3) is 139 Å². The number of para-hydroxylation sites is 2. The van der Waals surface area contributed by atoms with E-state index in [9.17, 15) is 0 Å². The van der Waals surface area contributed by atoms with Crippen molar-refractivity contribution < 1.29 is 0 Å². The molecule has 2 heteroatoms. The van der Waals surface area contributed by atoms with Crippen LogP contribution in [0.5, 0.6) is 0 Å². The summed E-state index contributed by atoms with van der Waals surface area (Å²) in [5.41, 5.74) is 29.0. The van der Waals surface area contributed by atoms with Gasteiger partial charge in [-0.3, -0.25) is 0 Å². The van der Waals surface area contributed by atoms with Crippen molar-refractivity contribution in [2.45, 2.75) is 12.8 Å². The fourth-order valence-corrected chi connectivity index (χ4v) is 12.5. The molecular formula is C83H58N2. The average Bonchev–Trinajstić information content (AvgIpc) is 4.08. The number of nitrogens with zero attached hydrogens (tertiary/aromatic N) is 2. The zero-order valence-corrected chi connectivity index (χ0v) is 47.0. The molecule has 2 heterocycles. The van der Waals surface area contributed by atoms with E-state index in [1.165, 1.54) is 88.6 Å². The summed E-state index contributed by atoms with van der Waals surface area (Å²) in [6, 6.07) is 115. The lowest BCUT2D eigenvalue weighted by Crippen LogP contribution is -1.94. The standard InChI is InChI=1S/C83H58N2/c1-3-19-57(20-4-1)61-23-11-26-64(47-61)66-28-13-25-63(49-66)59-43-45-60(46-44-59)76-55-80(84-81(56-76)75-37-17-34-72(53-75)73-35-18-38-77(54-73)85-82-41-9-7-39-78(82)79-40-8-10-42-83(79)85)74-36-16-33-71(52-74)70-32-15-31-69(51-70)68-30-14-29-67(50-68)65-27-12-24-62(48-65)58-21-5-2-6-22-58/h1-10,12-25,27-56H,11,26H2. The second-order valence-corrected chi connectivity index (χ2v) is 22.2. The van der Waals surface area contributed by atoms with Gasteiger partial charge in [-0.2, -0.15) is 0 Å².